The SMILES string of the molecule is CN(Cc1ccc(C#N)cc1)C(=O)Cn1nc2n(c1=O)CCCCC2. The summed E-state index contributed by atoms with van der Waals surface area (Å²) in [5.74, 6) is 0.616. The fraction of sp³-hybridized carbons (Fsp3) is 0.444. The predicted octanol–water partition coefficient (Wildman–Crippen LogP) is 1.30. The fourth-order valence-corrected chi connectivity index (χ4v) is 3.02. The topological polar surface area (TPSA) is 83.9 Å². The molecule has 0 saturated carbocycles. The second-order valence-electron chi connectivity index (χ2n) is 6.38. The Morgan fingerprint density at radius 1 is 1.28 bits per heavy atom. The molecular weight excluding hydrogens is 318 g/mol. The van der Waals surface area contributed by atoms with Crippen LogP contribution in [-0.2, 0) is 30.8 Å². The highest BCUT2D eigenvalue weighted by atomic mass is 16.2. The lowest BCUT2D eigenvalue weighted by Gasteiger charge is -2.17. The Morgan fingerprint density at radius 2 is 2.04 bits per heavy atom. The highest BCUT2D eigenvalue weighted by molar-refractivity contribution is 5.75. The molecule has 3 rings (SSSR count). The van der Waals surface area contributed by atoms with Gasteiger partial charge in [0.25, 0.3) is 0 Å². The summed E-state index contributed by atoms with van der Waals surface area (Å²) < 4.78 is 2.97. The Kier molecular flexibility index (Phi) is 4.98. The van der Waals surface area contributed by atoms with E-state index in [0.29, 0.717) is 18.7 Å². The molecule has 0 atom stereocenters. The maximum Gasteiger partial charge on any atom is 0.346 e. The average Bonchev–Trinajstić information content (AvgIpc) is 2.79. The first-order valence-electron chi connectivity index (χ1n) is 8.48. The van der Waals surface area contributed by atoms with Gasteiger partial charge >= 0.3 is 5.69 Å². The molecule has 25 heavy (non-hydrogen) atoms. The number of likely N-dealkylation sites (N-methyl/N-ethyl adjacent to an activating group) is 1. The van der Waals surface area contributed by atoms with Crippen LogP contribution >= 0.6 is 0 Å². The van der Waals surface area contributed by atoms with E-state index in [2.05, 4.69) is 11.2 Å². The molecule has 2 aromatic rings. The van der Waals surface area contributed by atoms with Crippen molar-refractivity contribution in [1.82, 2.24) is 19.2 Å². The molecule has 1 aliphatic heterocycles. The van der Waals surface area contributed by atoms with Gasteiger partial charge in [0.2, 0.25) is 5.91 Å². The number of rotatable bonds is 4. The molecule has 0 spiro atoms. The molecule has 0 fully saturated rings. The lowest BCUT2D eigenvalue weighted by Crippen LogP contribution is -2.34. The third kappa shape index (κ3) is 3.79. The van der Waals surface area contributed by atoms with E-state index < -0.39 is 0 Å². The van der Waals surface area contributed by atoms with Gasteiger partial charge in [0.05, 0.1) is 11.6 Å². The Bertz CT molecular complexity index is 857. The summed E-state index contributed by atoms with van der Waals surface area (Å²) in [4.78, 5) is 26.4. The van der Waals surface area contributed by atoms with Crippen LogP contribution in [0, 0.1) is 11.3 Å². The van der Waals surface area contributed by atoms with Crippen molar-refractivity contribution >= 4 is 5.91 Å². The standard InChI is InChI=1S/C18H21N5O2/c1-21(12-15-8-6-14(11-19)7-9-15)17(24)13-23-18(25)22-10-4-2-3-5-16(22)20-23/h6-9H,2-5,10,12-13H2,1H3. The van der Waals surface area contributed by atoms with Crippen LogP contribution in [0.15, 0.2) is 29.1 Å². The monoisotopic (exact) mass is 339 g/mol. The maximum atomic E-state index is 12.4. The molecule has 2 heterocycles. The minimum Gasteiger partial charge on any atom is -0.340 e. The van der Waals surface area contributed by atoms with E-state index in [0.717, 1.165) is 37.1 Å². The minimum atomic E-state index is -0.197. The van der Waals surface area contributed by atoms with Crippen LogP contribution in [0.4, 0.5) is 0 Å². The van der Waals surface area contributed by atoms with Crippen LogP contribution in [0.2, 0.25) is 0 Å². The maximum absolute atomic E-state index is 12.4. The van der Waals surface area contributed by atoms with E-state index in [4.69, 9.17) is 5.26 Å². The summed E-state index contributed by atoms with van der Waals surface area (Å²) in [6, 6.07) is 9.18. The van der Waals surface area contributed by atoms with Gasteiger partial charge in [-0.25, -0.2) is 9.48 Å². The van der Waals surface area contributed by atoms with Crippen LogP contribution in [0.25, 0.3) is 0 Å². The molecule has 1 aromatic carbocycles. The normalized spacial score (nSPS) is 13.6. The van der Waals surface area contributed by atoms with E-state index in [1.165, 1.54) is 4.68 Å². The number of aromatic nitrogens is 3. The Hall–Kier alpha value is -2.88. The second kappa shape index (κ2) is 7.34. The molecule has 0 radical (unpaired) electrons. The van der Waals surface area contributed by atoms with Gasteiger partial charge in [-0.15, -0.1) is 0 Å². The molecule has 0 saturated heterocycles. The predicted molar refractivity (Wildman–Crippen MR) is 91.7 cm³/mol. The highest BCUT2D eigenvalue weighted by Crippen LogP contribution is 2.10. The number of fused-ring (bicyclic) bond motifs is 1. The Balaban J connectivity index is 1.67. The quantitative estimate of drug-likeness (QED) is 0.840. The summed E-state index contributed by atoms with van der Waals surface area (Å²) in [5.41, 5.74) is 1.32. The largest absolute Gasteiger partial charge is 0.346 e. The number of benzene rings is 1. The number of carbonyl (C=O) groups excluding carboxylic acids is 1. The first kappa shape index (κ1) is 17.0. The molecule has 0 N–H and O–H groups in total. The van der Waals surface area contributed by atoms with E-state index >= 15 is 0 Å². The minimum absolute atomic E-state index is 0.0500. The Morgan fingerprint density at radius 3 is 2.76 bits per heavy atom. The van der Waals surface area contributed by atoms with Gasteiger partial charge in [0.1, 0.15) is 12.4 Å². The van der Waals surface area contributed by atoms with Crippen LogP contribution < -0.4 is 5.69 Å². The molecule has 7 heteroatoms. The molecular formula is C18H21N5O2. The third-order valence-electron chi connectivity index (χ3n) is 4.50. The zero-order valence-electron chi connectivity index (χ0n) is 14.3. The molecule has 0 unspecified atom stereocenters. The zero-order valence-corrected chi connectivity index (χ0v) is 14.3. The summed E-state index contributed by atoms with van der Waals surface area (Å²) in [6.45, 7) is 1.06. The summed E-state index contributed by atoms with van der Waals surface area (Å²) in [6.07, 6.45) is 3.90. The van der Waals surface area contributed by atoms with Gasteiger partial charge in [-0.05, 0) is 30.5 Å². The van der Waals surface area contributed by atoms with Crippen LogP contribution in [-0.4, -0.2) is 32.2 Å². The van der Waals surface area contributed by atoms with Gasteiger partial charge in [0.15, 0.2) is 0 Å². The summed E-state index contributed by atoms with van der Waals surface area (Å²) in [5, 5.41) is 13.2. The molecule has 0 aliphatic carbocycles. The van der Waals surface area contributed by atoms with Crippen LogP contribution in [0.3, 0.4) is 0 Å². The van der Waals surface area contributed by atoms with Crippen molar-refractivity contribution in [2.24, 2.45) is 0 Å². The Labute approximate surface area is 146 Å². The molecule has 7 nitrogen and oxygen atoms in total. The second-order valence-corrected chi connectivity index (χ2v) is 6.38. The summed E-state index contributed by atoms with van der Waals surface area (Å²) >= 11 is 0. The van der Waals surface area contributed by atoms with Crippen molar-refractivity contribution in [1.29, 1.82) is 5.26 Å². The number of hydrogen-bond acceptors (Lipinski definition) is 4. The van der Waals surface area contributed by atoms with E-state index in [1.807, 2.05) is 12.1 Å². The molecule has 1 amide bonds. The van der Waals surface area contributed by atoms with Crippen LogP contribution in [0.1, 0.15) is 36.2 Å². The van der Waals surface area contributed by atoms with Gasteiger partial charge in [-0.1, -0.05) is 18.6 Å². The number of aryl methyl sites for hydroxylation is 1. The van der Waals surface area contributed by atoms with Crippen molar-refractivity contribution in [2.45, 2.75) is 45.3 Å². The number of nitriles is 1. The van der Waals surface area contributed by atoms with Crippen molar-refractivity contribution < 1.29 is 4.79 Å². The molecule has 130 valence electrons. The lowest BCUT2D eigenvalue weighted by atomic mass is 10.1. The highest BCUT2D eigenvalue weighted by Gasteiger charge is 2.18. The van der Waals surface area contributed by atoms with Crippen LogP contribution in [0.5, 0.6) is 0 Å². The van der Waals surface area contributed by atoms with Crippen molar-refractivity contribution in [2.75, 3.05) is 7.05 Å². The van der Waals surface area contributed by atoms with Crippen molar-refractivity contribution in [3.63, 3.8) is 0 Å². The first-order chi connectivity index (χ1) is 12.1. The van der Waals surface area contributed by atoms with Gasteiger partial charge in [0, 0.05) is 26.6 Å². The first-order valence-corrected chi connectivity index (χ1v) is 8.48. The van der Waals surface area contributed by atoms with Gasteiger partial charge in [-0.3, -0.25) is 9.36 Å². The lowest BCUT2D eigenvalue weighted by molar-refractivity contribution is -0.131. The average molecular weight is 339 g/mol. The molecule has 1 aliphatic rings. The van der Waals surface area contributed by atoms with Gasteiger partial charge < -0.3 is 4.90 Å². The molecule has 0 bridgehead atoms. The van der Waals surface area contributed by atoms with E-state index in [9.17, 15) is 9.59 Å². The number of amides is 1. The summed E-state index contributed by atoms with van der Waals surface area (Å²) in [7, 11) is 1.70. The van der Waals surface area contributed by atoms with E-state index in [-0.39, 0.29) is 18.1 Å². The number of hydrogen-bond donors (Lipinski definition) is 0. The van der Waals surface area contributed by atoms with Gasteiger partial charge in [-0.2, -0.15) is 10.4 Å². The zero-order chi connectivity index (χ0) is 17.8. The van der Waals surface area contributed by atoms with E-state index in [1.54, 1.807) is 28.6 Å². The number of carbonyl (C=O) groups is 1. The van der Waals surface area contributed by atoms with Crippen molar-refractivity contribution in [3.8, 4) is 6.07 Å². The smallest absolute Gasteiger partial charge is 0.340 e. The molecule has 1 aromatic heterocycles. The van der Waals surface area contributed by atoms with Crippen molar-refractivity contribution in [3.05, 3.63) is 51.7 Å². The number of nitrogens with zero attached hydrogens (tertiary/aromatic N) is 5. The third-order valence-corrected chi connectivity index (χ3v) is 4.50. The fourth-order valence-electron chi connectivity index (χ4n) is 3.02.